The third-order valence-electron chi connectivity index (χ3n) is 5.73. The summed E-state index contributed by atoms with van der Waals surface area (Å²) in [6.07, 6.45) is -1.76. The van der Waals surface area contributed by atoms with Gasteiger partial charge in [-0.1, -0.05) is 0 Å². The number of aliphatic imine (C=N–C) groups is 1. The highest BCUT2D eigenvalue weighted by Gasteiger charge is 2.62. The number of aromatic nitrogens is 2. The Morgan fingerprint density at radius 2 is 2.03 bits per heavy atom. The van der Waals surface area contributed by atoms with E-state index < -0.39 is 47.4 Å². The van der Waals surface area contributed by atoms with Crippen LogP contribution < -0.4 is 15.8 Å². The Balaban J connectivity index is 1.64. The van der Waals surface area contributed by atoms with Gasteiger partial charge in [0, 0.05) is 17.2 Å². The van der Waals surface area contributed by atoms with E-state index in [4.69, 9.17) is 15.2 Å². The highest BCUT2D eigenvalue weighted by molar-refractivity contribution is 6.02. The number of carbonyl (C=O) groups excluding carboxylic acids is 1. The number of nitrogens with one attached hydrogen (secondary N) is 1. The maximum absolute atomic E-state index is 15.5. The van der Waals surface area contributed by atoms with E-state index in [1.807, 2.05) is 0 Å². The number of nitrogens with two attached hydrogens (primary N) is 1. The highest BCUT2D eigenvalue weighted by atomic mass is 19.3. The fourth-order valence-corrected chi connectivity index (χ4v) is 3.71. The molecule has 3 N–H and O–H groups in total. The largest absolute Gasteiger partial charge is 0.480 e. The zero-order valence-corrected chi connectivity index (χ0v) is 17.7. The maximum Gasteiger partial charge on any atom is 0.290 e. The van der Waals surface area contributed by atoms with Crippen molar-refractivity contribution < 1.29 is 31.8 Å². The van der Waals surface area contributed by atoms with E-state index in [9.17, 15) is 18.0 Å². The van der Waals surface area contributed by atoms with Crippen LogP contribution in [0, 0.1) is 11.7 Å². The monoisotopic (exact) mass is 467 g/mol. The van der Waals surface area contributed by atoms with Gasteiger partial charge >= 0.3 is 0 Å². The topological polar surface area (TPSA) is 112 Å². The first-order valence-electron chi connectivity index (χ1n) is 10.1. The Bertz CT molecular complexity index is 1090. The number of rotatable bonds is 6. The molecule has 0 radical (unpaired) electrons. The number of alkyl halides is 3. The van der Waals surface area contributed by atoms with Crippen LogP contribution in [-0.4, -0.2) is 47.2 Å². The van der Waals surface area contributed by atoms with Crippen molar-refractivity contribution in [3.63, 3.8) is 0 Å². The Morgan fingerprint density at radius 3 is 2.64 bits per heavy atom. The maximum atomic E-state index is 15.5. The van der Waals surface area contributed by atoms with Gasteiger partial charge in [-0.2, -0.15) is 0 Å². The summed E-state index contributed by atoms with van der Waals surface area (Å²) in [6.45, 7) is 1.15. The number of methoxy groups -OCH3 is 1. The van der Waals surface area contributed by atoms with Crippen molar-refractivity contribution in [3.05, 3.63) is 47.7 Å². The number of nitrogens with zero attached hydrogens (tertiary/aromatic N) is 3. The number of hydrogen-bond donors (Lipinski definition) is 2. The predicted octanol–water partition coefficient (Wildman–Crippen LogP) is 3.19. The molecular formula is C21H21F4N5O3. The number of carbonyl (C=O) groups is 1. The lowest BCUT2D eigenvalue weighted by molar-refractivity contribution is -0.161. The van der Waals surface area contributed by atoms with Crippen LogP contribution >= 0.6 is 0 Å². The lowest BCUT2D eigenvalue weighted by atomic mass is 9.81. The molecule has 1 fully saturated rings. The van der Waals surface area contributed by atoms with E-state index in [1.165, 1.54) is 25.6 Å². The van der Waals surface area contributed by atoms with Gasteiger partial charge in [0.25, 0.3) is 17.9 Å². The van der Waals surface area contributed by atoms with Crippen molar-refractivity contribution in [1.29, 1.82) is 0 Å². The molecule has 1 aliphatic carbocycles. The van der Waals surface area contributed by atoms with E-state index in [1.54, 1.807) is 0 Å². The predicted molar refractivity (Wildman–Crippen MR) is 109 cm³/mol. The first-order valence-corrected chi connectivity index (χ1v) is 10.1. The smallest absolute Gasteiger partial charge is 0.290 e. The van der Waals surface area contributed by atoms with Gasteiger partial charge in [-0.05, 0) is 38.0 Å². The second-order valence-electron chi connectivity index (χ2n) is 8.08. The number of halogens is 4. The van der Waals surface area contributed by atoms with Crippen LogP contribution in [0.4, 0.5) is 23.2 Å². The fourth-order valence-electron chi connectivity index (χ4n) is 3.71. The minimum Gasteiger partial charge on any atom is -0.480 e. The Labute approximate surface area is 186 Å². The molecule has 0 unspecified atom stereocenters. The zero-order chi connectivity index (χ0) is 24.0. The van der Waals surface area contributed by atoms with Crippen LogP contribution in [0.1, 0.15) is 35.8 Å². The van der Waals surface area contributed by atoms with Crippen LogP contribution in [0.5, 0.6) is 5.88 Å². The molecule has 176 valence electrons. The van der Waals surface area contributed by atoms with E-state index >= 15 is 4.39 Å². The third-order valence-corrected chi connectivity index (χ3v) is 5.73. The van der Waals surface area contributed by atoms with Gasteiger partial charge in [-0.15, -0.1) is 0 Å². The fraction of sp³-hybridized carbons (Fsp3) is 0.429. The summed E-state index contributed by atoms with van der Waals surface area (Å²) in [5.74, 6) is -5.93. The van der Waals surface area contributed by atoms with Crippen LogP contribution in [0.3, 0.4) is 0 Å². The standard InChI is InChI=1S/C21H21F4N5O3/c1-20(16(23)17(33-19(26)30-20)21(24,25)10-3-4-10)12-7-11(5-6-13(12)22)29-18(31)14-8-28-15(32-2)9-27-14/h5-10,16-17H,3-4H2,1-2H3,(H2,26,30)(H,29,31)/t16-,17-,20+/m0/s1. The summed E-state index contributed by atoms with van der Waals surface area (Å²) in [5.41, 5.74) is 3.12. The molecule has 1 saturated carbocycles. The van der Waals surface area contributed by atoms with Gasteiger partial charge < -0.3 is 20.5 Å². The summed E-state index contributed by atoms with van der Waals surface area (Å²) in [4.78, 5) is 24.1. The molecule has 33 heavy (non-hydrogen) atoms. The molecule has 0 saturated heterocycles. The van der Waals surface area contributed by atoms with Crippen LogP contribution in [0.2, 0.25) is 0 Å². The molecule has 3 atom stereocenters. The first kappa shape index (κ1) is 22.7. The second kappa shape index (κ2) is 8.16. The van der Waals surface area contributed by atoms with Gasteiger partial charge in [-0.25, -0.2) is 32.5 Å². The third kappa shape index (κ3) is 4.16. The lowest BCUT2D eigenvalue weighted by Gasteiger charge is -2.41. The highest BCUT2D eigenvalue weighted by Crippen LogP contribution is 2.51. The zero-order valence-electron chi connectivity index (χ0n) is 17.7. The van der Waals surface area contributed by atoms with Gasteiger partial charge in [0.15, 0.2) is 12.3 Å². The van der Waals surface area contributed by atoms with Crippen molar-refractivity contribution in [3.8, 4) is 5.88 Å². The van der Waals surface area contributed by atoms with E-state index in [0.717, 1.165) is 19.1 Å². The molecule has 2 aliphatic rings. The number of hydrogen-bond acceptors (Lipinski definition) is 7. The van der Waals surface area contributed by atoms with Crippen molar-refractivity contribution >= 4 is 17.6 Å². The Hall–Kier alpha value is -3.44. The first-order chi connectivity index (χ1) is 15.6. The van der Waals surface area contributed by atoms with Gasteiger partial charge in [0.2, 0.25) is 5.88 Å². The second-order valence-corrected chi connectivity index (χ2v) is 8.08. The normalized spacial score (nSPS) is 25.1. The minimum absolute atomic E-state index is 0.0614. The molecule has 8 nitrogen and oxygen atoms in total. The molecule has 1 aromatic carbocycles. The molecule has 12 heteroatoms. The molecule has 4 rings (SSSR count). The number of anilines is 1. The molecule has 2 aromatic rings. The van der Waals surface area contributed by atoms with Crippen molar-refractivity contribution in [2.45, 2.75) is 43.5 Å². The van der Waals surface area contributed by atoms with Crippen LogP contribution in [-0.2, 0) is 10.3 Å². The number of ether oxygens (including phenoxy) is 2. The Kier molecular flexibility index (Phi) is 5.62. The van der Waals surface area contributed by atoms with Crippen LogP contribution in [0.15, 0.2) is 35.6 Å². The molecule has 0 spiro atoms. The Morgan fingerprint density at radius 1 is 1.30 bits per heavy atom. The summed E-state index contributed by atoms with van der Waals surface area (Å²) in [5, 5.41) is 2.48. The molecular weight excluding hydrogens is 446 g/mol. The van der Waals surface area contributed by atoms with Crippen molar-refractivity contribution in [2.75, 3.05) is 12.4 Å². The minimum atomic E-state index is -3.50. The van der Waals surface area contributed by atoms with Crippen molar-refractivity contribution in [2.24, 2.45) is 16.6 Å². The van der Waals surface area contributed by atoms with E-state index in [2.05, 4.69) is 20.3 Å². The van der Waals surface area contributed by atoms with Crippen LogP contribution in [0.25, 0.3) is 0 Å². The number of amidine groups is 1. The summed E-state index contributed by atoms with van der Waals surface area (Å²) < 4.78 is 69.5. The molecule has 1 amide bonds. The summed E-state index contributed by atoms with van der Waals surface area (Å²) in [7, 11) is 1.39. The average Bonchev–Trinajstić information content (AvgIpc) is 3.63. The van der Waals surface area contributed by atoms with Gasteiger partial charge in [0.05, 0.1) is 19.5 Å². The summed E-state index contributed by atoms with van der Waals surface area (Å²) in [6, 6.07) is 2.65. The summed E-state index contributed by atoms with van der Waals surface area (Å²) >= 11 is 0. The van der Waals surface area contributed by atoms with Gasteiger partial charge in [-0.3, -0.25) is 4.79 Å². The van der Waals surface area contributed by atoms with Crippen molar-refractivity contribution in [1.82, 2.24) is 9.97 Å². The van der Waals surface area contributed by atoms with E-state index in [-0.39, 0.29) is 35.7 Å². The van der Waals surface area contributed by atoms with E-state index in [0.29, 0.717) is 0 Å². The molecule has 2 heterocycles. The lowest BCUT2D eigenvalue weighted by Crippen LogP contribution is -2.57. The number of amides is 1. The molecule has 1 aromatic heterocycles. The number of benzene rings is 1. The van der Waals surface area contributed by atoms with Gasteiger partial charge in [0.1, 0.15) is 17.1 Å². The SMILES string of the molecule is COc1cnc(C(=O)Nc2ccc(F)c([C@@]3(C)N=C(N)O[C@H](C(F)(F)C4CC4)[C@@H]3F)c2)cn1. The quantitative estimate of drug-likeness (QED) is 0.632. The molecule has 0 bridgehead atoms. The molecule has 1 aliphatic heterocycles. The average molecular weight is 467 g/mol.